The number of imide groups is 1. The maximum Gasteiger partial charge on any atom is 0.325 e. The molecular weight excluding hydrogens is 318 g/mol. The van der Waals surface area contributed by atoms with Gasteiger partial charge in [-0.3, -0.25) is 14.5 Å². The van der Waals surface area contributed by atoms with Crippen LogP contribution in [-0.2, 0) is 15.1 Å². The number of nitrogens with one attached hydrogen (secondary N) is 1. The number of hydrogen-bond acceptors (Lipinski definition) is 3. The summed E-state index contributed by atoms with van der Waals surface area (Å²) in [4.78, 5) is 40.9. The van der Waals surface area contributed by atoms with Crippen LogP contribution in [0, 0.1) is 5.92 Å². The van der Waals surface area contributed by atoms with Gasteiger partial charge in [-0.05, 0) is 30.7 Å². The number of nitrogens with zero attached hydrogens (tertiary/aromatic N) is 2. The molecular formula is C19H25N3O3. The SMILES string of the molecule is CCC1(c2ccccc2)NC(=O)N(CC(=O)N2CCCC(C)C2)C1=O. The Morgan fingerprint density at radius 2 is 2.00 bits per heavy atom. The van der Waals surface area contributed by atoms with Crippen LogP contribution in [0.25, 0.3) is 0 Å². The Hall–Kier alpha value is -2.37. The fraction of sp³-hybridized carbons (Fsp3) is 0.526. The van der Waals surface area contributed by atoms with E-state index < -0.39 is 11.6 Å². The molecule has 0 aromatic heterocycles. The van der Waals surface area contributed by atoms with Crippen LogP contribution in [0.15, 0.2) is 30.3 Å². The van der Waals surface area contributed by atoms with E-state index in [2.05, 4.69) is 12.2 Å². The molecule has 2 atom stereocenters. The Bertz CT molecular complexity index is 676. The normalized spacial score (nSPS) is 26.7. The lowest BCUT2D eigenvalue weighted by molar-refractivity contribution is -0.140. The van der Waals surface area contributed by atoms with E-state index in [1.165, 1.54) is 0 Å². The van der Waals surface area contributed by atoms with Crippen molar-refractivity contribution in [2.24, 2.45) is 5.92 Å². The summed E-state index contributed by atoms with van der Waals surface area (Å²) in [5, 5.41) is 2.82. The molecule has 1 aromatic carbocycles. The molecule has 2 aliphatic rings. The Morgan fingerprint density at radius 1 is 1.28 bits per heavy atom. The second kappa shape index (κ2) is 6.86. The van der Waals surface area contributed by atoms with Crippen molar-refractivity contribution in [3.63, 3.8) is 0 Å². The van der Waals surface area contributed by atoms with Crippen LogP contribution in [0.4, 0.5) is 4.79 Å². The van der Waals surface area contributed by atoms with Gasteiger partial charge in [0, 0.05) is 13.1 Å². The average molecular weight is 343 g/mol. The van der Waals surface area contributed by atoms with Gasteiger partial charge in [0.05, 0.1) is 0 Å². The predicted molar refractivity (Wildman–Crippen MR) is 93.6 cm³/mol. The van der Waals surface area contributed by atoms with E-state index in [-0.39, 0.29) is 18.4 Å². The summed E-state index contributed by atoms with van der Waals surface area (Å²) >= 11 is 0. The van der Waals surface area contributed by atoms with Gasteiger partial charge < -0.3 is 10.2 Å². The maximum atomic E-state index is 13.0. The fourth-order valence-corrected chi connectivity index (χ4v) is 3.78. The maximum absolute atomic E-state index is 13.0. The molecule has 6 nitrogen and oxygen atoms in total. The minimum Gasteiger partial charge on any atom is -0.341 e. The average Bonchev–Trinajstić information content (AvgIpc) is 2.87. The first kappa shape index (κ1) is 17.5. The topological polar surface area (TPSA) is 69.7 Å². The highest BCUT2D eigenvalue weighted by Crippen LogP contribution is 2.32. The molecule has 25 heavy (non-hydrogen) atoms. The number of hydrogen-bond donors (Lipinski definition) is 1. The second-order valence-electron chi connectivity index (χ2n) is 7.03. The zero-order valence-electron chi connectivity index (χ0n) is 14.8. The third-order valence-electron chi connectivity index (χ3n) is 5.28. The summed E-state index contributed by atoms with van der Waals surface area (Å²) in [5.41, 5.74) is -0.328. The molecule has 0 radical (unpaired) electrons. The molecule has 6 heteroatoms. The molecule has 2 unspecified atom stereocenters. The standard InChI is InChI=1S/C19H25N3O3/c1-3-19(15-9-5-4-6-10-15)17(24)22(18(25)20-19)13-16(23)21-11-7-8-14(2)12-21/h4-6,9-10,14H,3,7-8,11-13H2,1-2H3,(H,20,25). The molecule has 2 aliphatic heterocycles. The summed E-state index contributed by atoms with van der Waals surface area (Å²) in [6.45, 7) is 5.18. The first-order valence-corrected chi connectivity index (χ1v) is 8.95. The van der Waals surface area contributed by atoms with E-state index in [0.29, 0.717) is 25.4 Å². The highest BCUT2D eigenvalue weighted by molar-refractivity contribution is 6.09. The Kier molecular flexibility index (Phi) is 4.79. The van der Waals surface area contributed by atoms with Crippen LogP contribution in [0.1, 0.15) is 38.7 Å². The molecule has 0 saturated carbocycles. The lowest BCUT2D eigenvalue weighted by atomic mass is 9.87. The predicted octanol–water partition coefficient (Wildman–Crippen LogP) is 2.10. The first-order valence-electron chi connectivity index (χ1n) is 8.95. The van der Waals surface area contributed by atoms with Crippen molar-refractivity contribution in [3.05, 3.63) is 35.9 Å². The molecule has 0 bridgehead atoms. The quantitative estimate of drug-likeness (QED) is 0.851. The molecule has 3 rings (SSSR count). The van der Waals surface area contributed by atoms with Gasteiger partial charge >= 0.3 is 6.03 Å². The number of likely N-dealkylation sites (tertiary alicyclic amines) is 1. The van der Waals surface area contributed by atoms with Crippen molar-refractivity contribution < 1.29 is 14.4 Å². The number of carbonyl (C=O) groups excluding carboxylic acids is 3. The fourth-order valence-electron chi connectivity index (χ4n) is 3.78. The summed E-state index contributed by atoms with van der Waals surface area (Å²) in [6.07, 6.45) is 2.52. The van der Waals surface area contributed by atoms with Crippen molar-refractivity contribution in [1.29, 1.82) is 0 Å². The van der Waals surface area contributed by atoms with Gasteiger partial charge in [-0.2, -0.15) is 0 Å². The van der Waals surface area contributed by atoms with Gasteiger partial charge in [0.15, 0.2) is 0 Å². The first-order chi connectivity index (χ1) is 12.0. The van der Waals surface area contributed by atoms with Crippen LogP contribution in [-0.4, -0.2) is 47.3 Å². The molecule has 1 N–H and O–H groups in total. The van der Waals surface area contributed by atoms with Crippen LogP contribution in [0.5, 0.6) is 0 Å². The number of rotatable bonds is 4. The van der Waals surface area contributed by atoms with Gasteiger partial charge in [0.2, 0.25) is 5.91 Å². The molecule has 2 saturated heterocycles. The Balaban J connectivity index is 1.78. The Labute approximate surface area is 148 Å². The van der Waals surface area contributed by atoms with Gasteiger partial charge in [-0.1, -0.05) is 44.2 Å². The lowest BCUT2D eigenvalue weighted by Gasteiger charge is -2.32. The van der Waals surface area contributed by atoms with Gasteiger partial charge in [0.25, 0.3) is 5.91 Å². The van der Waals surface area contributed by atoms with Crippen LogP contribution >= 0.6 is 0 Å². The molecule has 134 valence electrons. The summed E-state index contributed by atoms with van der Waals surface area (Å²) < 4.78 is 0. The van der Waals surface area contributed by atoms with Crippen LogP contribution in [0.2, 0.25) is 0 Å². The zero-order valence-corrected chi connectivity index (χ0v) is 14.8. The second-order valence-corrected chi connectivity index (χ2v) is 7.03. The van der Waals surface area contributed by atoms with E-state index in [0.717, 1.165) is 23.3 Å². The van der Waals surface area contributed by atoms with Gasteiger partial charge in [-0.25, -0.2) is 4.79 Å². The molecule has 2 heterocycles. The van der Waals surface area contributed by atoms with Crippen molar-refractivity contribution in [3.8, 4) is 0 Å². The van der Waals surface area contributed by atoms with Crippen LogP contribution in [0.3, 0.4) is 0 Å². The van der Waals surface area contributed by atoms with E-state index in [9.17, 15) is 14.4 Å². The van der Waals surface area contributed by atoms with E-state index in [4.69, 9.17) is 0 Å². The van der Waals surface area contributed by atoms with Crippen molar-refractivity contribution in [1.82, 2.24) is 15.1 Å². The molecule has 4 amide bonds. The Morgan fingerprint density at radius 3 is 2.64 bits per heavy atom. The molecule has 1 aromatic rings. The van der Waals surface area contributed by atoms with E-state index in [1.807, 2.05) is 37.3 Å². The van der Waals surface area contributed by atoms with Crippen molar-refractivity contribution >= 4 is 17.8 Å². The summed E-state index contributed by atoms with van der Waals surface area (Å²) in [6, 6.07) is 8.73. The number of urea groups is 1. The van der Waals surface area contributed by atoms with Crippen molar-refractivity contribution in [2.75, 3.05) is 19.6 Å². The number of piperidine rings is 1. The zero-order chi connectivity index (χ0) is 18.0. The molecule has 0 spiro atoms. The minimum absolute atomic E-state index is 0.157. The monoisotopic (exact) mass is 343 g/mol. The third kappa shape index (κ3) is 3.13. The highest BCUT2D eigenvalue weighted by atomic mass is 16.2. The largest absolute Gasteiger partial charge is 0.341 e. The number of carbonyl (C=O) groups is 3. The van der Waals surface area contributed by atoms with Gasteiger partial charge in [0.1, 0.15) is 12.1 Å². The summed E-state index contributed by atoms with van der Waals surface area (Å²) in [7, 11) is 0. The van der Waals surface area contributed by atoms with E-state index >= 15 is 0 Å². The highest BCUT2D eigenvalue weighted by Gasteiger charge is 2.51. The summed E-state index contributed by atoms with van der Waals surface area (Å²) in [5.74, 6) is -0.0421. The van der Waals surface area contributed by atoms with E-state index in [1.54, 1.807) is 4.90 Å². The molecule has 0 aliphatic carbocycles. The number of amides is 4. The smallest absolute Gasteiger partial charge is 0.325 e. The minimum atomic E-state index is -1.08. The van der Waals surface area contributed by atoms with Crippen molar-refractivity contribution in [2.45, 2.75) is 38.6 Å². The van der Waals surface area contributed by atoms with Crippen LogP contribution < -0.4 is 5.32 Å². The lowest BCUT2D eigenvalue weighted by Crippen LogP contribution is -2.47. The molecule has 2 fully saturated rings. The third-order valence-corrected chi connectivity index (χ3v) is 5.28. The van der Waals surface area contributed by atoms with Gasteiger partial charge in [-0.15, -0.1) is 0 Å². The number of benzene rings is 1.